The molecule has 0 bridgehead atoms. The molecule has 0 heterocycles. The van der Waals surface area contributed by atoms with Gasteiger partial charge in [0.1, 0.15) is 22.9 Å². The van der Waals surface area contributed by atoms with E-state index in [9.17, 15) is 30.7 Å². The number of rotatable bonds is 7. The van der Waals surface area contributed by atoms with E-state index >= 15 is 0 Å². The third kappa shape index (κ3) is 4.90. The predicted octanol–water partition coefficient (Wildman–Crippen LogP) is 7.30. The molecular weight excluding hydrogens is 425 g/mol. The first-order chi connectivity index (χ1) is 14.6. The molecule has 3 aromatic carbocycles. The fourth-order valence-corrected chi connectivity index (χ4v) is 2.94. The van der Waals surface area contributed by atoms with Gasteiger partial charge in [0, 0.05) is 12.1 Å². The molecule has 3 rings (SSSR count). The van der Waals surface area contributed by atoms with Gasteiger partial charge in [0.15, 0.2) is 17.5 Å². The Morgan fingerprint density at radius 2 is 1.32 bits per heavy atom. The SMILES string of the molecule is C=CCCc1ccc(-c2cc(F)c(C(F)(F)Oc3cc(F)c(F)c(F)c3)c(F)c2)cc1. The zero-order valence-electron chi connectivity index (χ0n) is 15.9. The topological polar surface area (TPSA) is 9.23 Å². The average Bonchev–Trinajstić information content (AvgIpc) is 2.69. The maximum Gasteiger partial charge on any atom is 0.432 e. The highest BCUT2D eigenvalue weighted by atomic mass is 19.3. The number of ether oxygens (including phenoxy) is 1. The molecule has 0 aliphatic carbocycles. The van der Waals surface area contributed by atoms with E-state index in [4.69, 9.17) is 0 Å². The smallest absolute Gasteiger partial charge is 0.429 e. The van der Waals surface area contributed by atoms with Crippen molar-refractivity contribution in [2.75, 3.05) is 0 Å². The summed E-state index contributed by atoms with van der Waals surface area (Å²) in [5, 5.41) is 0. The summed E-state index contributed by atoms with van der Waals surface area (Å²) in [7, 11) is 0. The van der Waals surface area contributed by atoms with Gasteiger partial charge in [0.05, 0.1) is 0 Å². The molecule has 0 saturated heterocycles. The van der Waals surface area contributed by atoms with Crippen molar-refractivity contribution in [1.29, 1.82) is 0 Å². The Hall–Kier alpha value is -3.29. The maximum absolute atomic E-state index is 14.4. The first-order valence-corrected chi connectivity index (χ1v) is 9.03. The number of hydrogen-bond donors (Lipinski definition) is 0. The van der Waals surface area contributed by atoms with Crippen molar-refractivity contribution < 1.29 is 35.5 Å². The van der Waals surface area contributed by atoms with Crippen LogP contribution in [0.25, 0.3) is 11.1 Å². The van der Waals surface area contributed by atoms with Crippen LogP contribution in [0, 0.1) is 29.1 Å². The van der Waals surface area contributed by atoms with Crippen molar-refractivity contribution in [2.45, 2.75) is 19.0 Å². The summed E-state index contributed by atoms with van der Waals surface area (Å²) in [6.07, 6.45) is -1.42. The lowest BCUT2D eigenvalue weighted by molar-refractivity contribution is -0.189. The third-order valence-electron chi connectivity index (χ3n) is 4.46. The predicted molar refractivity (Wildman–Crippen MR) is 101 cm³/mol. The third-order valence-corrected chi connectivity index (χ3v) is 4.46. The molecular formula is C23H15F7O. The van der Waals surface area contributed by atoms with Crippen molar-refractivity contribution >= 4 is 0 Å². The fourth-order valence-electron chi connectivity index (χ4n) is 2.94. The summed E-state index contributed by atoms with van der Waals surface area (Å²) in [6.45, 7) is 3.62. The Kier molecular flexibility index (Phi) is 6.38. The van der Waals surface area contributed by atoms with Gasteiger partial charge in [0.2, 0.25) is 0 Å². The number of allylic oxidation sites excluding steroid dienone is 1. The molecule has 0 aliphatic heterocycles. The largest absolute Gasteiger partial charge is 0.432 e. The van der Waals surface area contributed by atoms with E-state index in [1.54, 1.807) is 30.3 Å². The molecule has 31 heavy (non-hydrogen) atoms. The van der Waals surface area contributed by atoms with Crippen LogP contribution in [0.4, 0.5) is 30.7 Å². The van der Waals surface area contributed by atoms with E-state index in [-0.39, 0.29) is 17.7 Å². The standard InChI is InChI=1S/C23H15F7O/c1-2-3-4-13-5-7-14(8-6-13)15-9-17(24)21(18(25)10-15)23(29,30)31-16-11-19(26)22(28)20(27)12-16/h2,5-12H,1,3-4H2. The van der Waals surface area contributed by atoms with E-state index in [0.717, 1.165) is 18.4 Å². The van der Waals surface area contributed by atoms with Crippen LogP contribution in [0.1, 0.15) is 17.5 Å². The molecule has 1 nitrogen and oxygen atoms in total. The fraction of sp³-hybridized carbons (Fsp3) is 0.130. The van der Waals surface area contributed by atoms with Crippen molar-refractivity contribution in [3.63, 3.8) is 0 Å². The van der Waals surface area contributed by atoms with Crippen molar-refractivity contribution in [2.24, 2.45) is 0 Å². The van der Waals surface area contributed by atoms with Crippen LogP contribution in [0.2, 0.25) is 0 Å². The van der Waals surface area contributed by atoms with Gasteiger partial charge in [-0.15, -0.1) is 6.58 Å². The summed E-state index contributed by atoms with van der Waals surface area (Å²) < 4.78 is 101. The summed E-state index contributed by atoms with van der Waals surface area (Å²) in [5.74, 6) is -9.87. The minimum absolute atomic E-state index is 0.00342. The van der Waals surface area contributed by atoms with E-state index < -0.39 is 46.5 Å². The van der Waals surface area contributed by atoms with Gasteiger partial charge in [-0.05, 0) is 41.7 Å². The van der Waals surface area contributed by atoms with Gasteiger partial charge in [0.25, 0.3) is 0 Å². The van der Waals surface area contributed by atoms with Crippen LogP contribution in [0.3, 0.4) is 0 Å². The van der Waals surface area contributed by atoms with Gasteiger partial charge in [-0.1, -0.05) is 30.3 Å². The van der Waals surface area contributed by atoms with Crippen LogP contribution in [-0.2, 0) is 12.5 Å². The van der Waals surface area contributed by atoms with E-state index in [1.165, 1.54) is 0 Å². The molecule has 0 fully saturated rings. The number of halogens is 7. The average molecular weight is 440 g/mol. The highest BCUT2D eigenvalue weighted by Gasteiger charge is 2.41. The lowest BCUT2D eigenvalue weighted by Gasteiger charge is -2.20. The number of benzene rings is 3. The van der Waals surface area contributed by atoms with Crippen molar-refractivity contribution in [3.05, 3.63) is 101 Å². The Bertz CT molecular complexity index is 1060. The molecule has 3 aromatic rings. The Morgan fingerprint density at radius 1 is 0.774 bits per heavy atom. The monoisotopic (exact) mass is 440 g/mol. The summed E-state index contributed by atoms with van der Waals surface area (Å²) in [6, 6.07) is 8.32. The second-order valence-corrected chi connectivity index (χ2v) is 6.66. The summed E-state index contributed by atoms with van der Waals surface area (Å²) in [5.41, 5.74) is -0.397. The van der Waals surface area contributed by atoms with Gasteiger partial charge in [-0.25, -0.2) is 22.0 Å². The lowest BCUT2D eigenvalue weighted by Crippen LogP contribution is -2.25. The molecule has 8 heteroatoms. The molecule has 162 valence electrons. The van der Waals surface area contributed by atoms with Crippen LogP contribution in [-0.4, -0.2) is 0 Å². The molecule has 0 saturated carbocycles. The molecule has 0 radical (unpaired) electrons. The molecule has 0 aromatic heterocycles. The van der Waals surface area contributed by atoms with Crippen molar-refractivity contribution in [1.82, 2.24) is 0 Å². The minimum Gasteiger partial charge on any atom is -0.429 e. The molecule has 0 aliphatic rings. The lowest BCUT2D eigenvalue weighted by atomic mass is 10.00. The number of alkyl halides is 2. The maximum atomic E-state index is 14.4. The van der Waals surface area contributed by atoms with E-state index in [2.05, 4.69) is 11.3 Å². The quantitative estimate of drug-likeness (QED) is 0.213. The van der Waals surface area contributed by atoms with Crippen LogP contribution < -0.4 is 4.74 Å². The molecule has 0 unspecified atom stereocenters. The normalized spacial score (nSPS) is 11.5. The number of aryl methyl sites for hydroxylation is 1. The highest BCUT2D eigenvalue weighted by molar-refractivity contribution is 5.64. The van der Waals surface area contributed by atoms with E-state index in [0.29, 0.717) is 17.7 Å². The Balaban J connectivity index is 1.91. The van der Waals surface area contributed by atoms with Crippen molar-refractivity contribution in [3.8, 4) is 16.9 Å². The van der Waals surface area contributed by atoms with Crippen LogP contribution in [0.5, 0.6) is 5.75 Å². The highest BCUT2D eigenvalue weighted by Crippen LogP contribution is 2.37. The first-order valence-electron chi connectivity index (χ1n) is 9.03. The number of hydrogen-bond acceptors (Lipinski definition) is 1. The zero-order chi connectivity index (χ0) is 22.8. The Morgan fingerprint density at radius 3 is 1.84 bits per heavy atom. The molecule has 0 spiro atoms. The molecule has 0 amide bonds. The molecule has 0 N–H and O–H groups in total. The summed E-state index contributed by atoms with van der Waals surface area (Å²) >= 11 is 0. The van der Waals surface area contributed by atoms with Gasteiger partial charge < -0.3 is 4.74 Å². The zero-order valence-corrected chi connectivity index (χ0v) is 15.9. The summed E-state index contributed by atoms with van der Waals surface area (Å²) in [4.78, 5) is 0. The first kappa shape index (κ1) is 22.4. The second kappa shape index (κ2) is 8.83. The van der Waals surface area contributed by atoms with E-state index in [1.807, 2.05) is 0 Å². The van der Waals surface area contributed by atoms with Crippen LogP contribution in [0.15, 0.2) is 61.2 Å². The molecule has 0 atom stereocenters. The van der Waals surface area contributed by atoms with Gasteiger partial charge in [-0.2, -0.15) is 8.78 Å². The second-order valence-electron chi connectivity index (χ2n) is 6.66. The van der Waals surface area contributed by atoms with Crippen LogP contribution >= 0.6 is 0 Å². The van der Waals surface area contributed by atoms with Gasteiger partial charge >= 0.3 is 6.11 Å². The Labute approximate surface area is 173 Å². The minimum atomic E-state index is -4.63. The van der Waals surface area contributed by atoms with Gasteiger partial charge in [-0.3, -0.25) is 0 Å².